The van der Waals surface area contributed by atoms with E-state index >= 15 is 0 Å². The molecule has 116 valence electrons. The number of carboxylic acid groups (broad SMARTS) is 1. The number of carboxylic acids is 1. The molecule has 2 atom stereocenters. The molecule has 0 saturated carbocycles. The molecule has 0 aliphatic carbocycles. The van der Waals surface area contributed by atoms with Crippen molar-refractivity contribution in [3.8, 4) is 0 Å². The Labute approximate surface area is 129 Å². The smallest absolute Gasteiger partial charge is 0.315 e. The fraction of sp³-hybridized carbons (Fsp3) is 0.467. The van der Waals surface area contributed by atoms with Crippen LogP contribution in [0.3, 0.4) is 0 Å². The van der Waals surface area contributed by atoms with Crippen LogP contribution >= 0.6 is 11.6 Å². The molecule has 6 heteroatoms. The second-order valence-electron chi connectivity index (χ2n) is 5.79. The number of halogens is 1. The van der Waals surface area contributed by atoms with E-state index in [2.05, 4.69) is 0 Å². The zero-order chi connectivity index (χ0) is 16.2. The highest BCUT2D eigenvalue weighted by atomic mass is 35.5. The fourth-order valence-corrected chi connectivity index (χ4v) is 2.20. The predicted octanol–water partition coefficient (Wildman–Crippen LogP) is 2.57. The maximum Gasteiger partial charge on any atom is 0.315 e. The molecule has 0 radical (unpaired) electrons. The van der Waals surface area contributed by atoms with Gasteiger partial charge < -0.3 is 15.6 Å². The molecule has 0 aliphatic rings. The van der Waals surface area contributed by atoms with Crippen molar-refractivity contribution in [1.82, 2.24) is 0 Å². The van der Waals surface area contributed by atoms with Crippen molar-refractivity contribution in [2.45, 2.75) is 44.8 Å². The third-order valence-electron chi connectivity index (χ3n) is 2.74. The summed E-state index contributed by atoms with van der Waals surface area (Å²) in [5.41, 5.74) is 5.68. The number of nitrogens with two attached hydrogens (primary N) is 1. The highest BCUT2D eigenvalue weighted by Crippen LogP contribution is 2.30. The molecule has 1 unspecified atom stereocenters. The Morgan fingerprint density at radius 2 is 1.90 bits per heavy atom. The van der Waals surface area contributed by atoms with Crippen LogP contribution < -0.4 is 5.73 Å². The summed E-state index contributed by atoms with van der Waals surface area (Å²) in [6.45, 7) is 5.20. The molecular weight excluding hydrogens is 294 g/mol. The highest BCUT2D eigenvalue weighted by molar-refractivity contribution is 6.31. The zero-order valence-corrected chi connectivity index (χ0v) is 13.1. The lowest BCUT2D eigenvalue weighted by Crippen LogP contribution is -2.39. The Kier molecular flexibility index (Phi) is 5.75. The number of benzene rings is 1. The van der Waals surface area contributed by atoms with E-state index in [4.69, 9.17) is 27.2 Å². The molecule has 1 aromatic rings. The molecule has 1 aromatic carbocycles. The van der Waals surface area contributed by atoms with Gasteiger partial charge in [0.05, 0.1) is 12.3 Å². The second-order valence-corrected chi connectivity index (χ2v) is 6.20. The topological polar surface area (TPSA) is 89.6 Å². The average Bonchev–Trinajstić information content (AvgIpc) is 2.28. The first-order chi connectivity index (χ1) is 9.61. The summed E-state index contributed by atoms with van der Waals surface area (Å²) in [7, 11) is 0. The molecule has 0 saturated heterocycles. The molecule has 0 spiro atoms. The van der Waals surface area contributed by atoms with Gasteiger partial charge in [-0.1, -0.05) is 29.8 Å². The summed E-state index contributed by atoms with van der Waals surface area (Å²) in [5, 5.41) is 9.25. The summed E-state index contributed by atoms with van der Waals surface area (Å²) in [5.74, 6) is -2.58. The van der Waals surface area contributed by atoms with Gasteiger partial charge >= 0.3 is 11.9 Å². The standard InChI is InChI=1S/C15H20ClNO4/c1-15(2,3)21-14(20)13(11(17)8-12(18)19)9-6-4-5-7-10(9)16/h4-7,11,13H,8,17H2,1-3H3,(H,18,19)/t11-,13?/m0/s1. The third kappa shape index (κ3) is 5.36. The van der Waals surface area contributed by atoms with Crippen LogP contribution in [0.25, 0.3) is 0 Å². The Morgan fingerprint density at radius 3 is 2.38 bits per heavy atom. The van der Waals surface area contributed by atoms with Crippen LogP contribution in [0.15, 0.2) is 24.3 Å². The number of carbonyl (C=O) groups excluding carboxylic acids is 1. The van der Waals surface area contributed by atoms with Crippen LogP contribution in [0, 0.1) is 0 Å². The van der Waals surface area contributed by atoms with Gasteiger partial charge in [-0.3, -0.25) is 9.59 Å². The Morgan fingerprint density at radius 1 is 1.33 bits per heavy atom. The van der Waals surface area contributed by atoms with E-state index in [0.717, 1.165) is 0 Å². The number of hydrogen-bond donors (Lipinski definition) is 2. The molecule has 0 amide bonds. The molecule has 21 heavy (non-hydrogen) atoms. The minimum absolute atomic E-state index is 0.352. The van der Waals surface area contributed by atoms with Gasteiger partial charge in [-0.25, -0.2) is 0 Å². The van der Waals surface area contributed by atoms with Gasteiger partial charge in [-0.2, -0.15) is 0 Å². The molecule has 1 rings (SSSR count). The van der Waals surface area contributed by atoms with Crippen molar-refractivity contribution in [2.75, 3.05) is 0 Å². The van der Waals surface area contributed by atoms with Crippen LogP contribution in [0.4, 0.5) is 0 Å². The summed E-state index contributed by atoms with van der Waals surface area (Å²) in [4.78, 5) is 23.3. The van der Waals surface area contributed by atoms with Crippen molar-refractivity contribution in [3.63, 3.8) is 0 Å². The summed E-state index contributed by atoms with van der Waals surface area (Å²) >= 11 is 6.10. The molecule has 0 heterocycles. The van der Waals surface area contributed by atoms with E-state index in [1.165, 1.54) is 0 Å². The fourth-order valence-electron chi connectivity index (χ4n) is 1.94. The maximum absolute atomic E-state index is 12.4. The molecule has 5 nitrogen and oxygen atoms in total. The minimum Gasteiger partial charge on any atom is -0.481 e. The molecule has 0 aliphatic heterocycles. The number of carbonyl (C=O) groups is 2. The third-order valence-corrected chi connectivity index (χ3v) is 3.08. The Hall–Kier alpha value is -1.59. The van der Waals surface area contributed by atoms with Crippen molar-refractivity contribution in [1.29, 1.82) is 0 Å². The first-order valence-corrected chi connectivity index (χ1v) is 6.94. The quantitative estimate of drug-likeness (QED) is 0.815. The first-order valence-electron chi connectivity index (χ1n) is 6.56. The number of rotatable bonds is 5. The van der Waals surface area contributed by atoms with E-state index in [1.807, 2.05) is 0 Å². The van der Waals surface area contributed by atoms with Crippen molar-refractivity contribution in [3.05, 3.63) is 34.9 Å². The number of aliphatic carboxylic acids is 1. The summed E-state index contributed by atoms with van der Waals surface area (Å²) in [6, 6.07) is 5.80. The van der Waals surface area contributed by atoms with E-state index in [-0.39, 0.29) is 6.42 Å². The Bertz CT molecular complexity index is 525. The molecule has 0 fully saturated rings. The molecule has 0 aromatic heterocycles. The summed E-state index contributed by atoms with van der Waals surface area (Å²) < 4.78 is 5.34. The second kappa shape index (κ2) is 6.91. The largest absolute Gasteiger partial charge is 0.481 e. The average molecular weight is 314 g/mol. The first kappa shape index (κ1) is 17.5. The number of esters is 1. The van der Waals surface area contributed by atoms with Crippen molar-refractivity contribution >= 4 is 23.5 Å². The minimum atomic E-state index is -1.08. The van der Waals surface area contributed by atoms with Crippen LogP contribution in [-0.2, 0) is 14.3 Å². The number of ether oxygens (including phenoxy) is 1. The van der Waals surface area contributed by atoms with E-state index in [0.29, 0.717) is 10.6 Å². The predicted molar refractivity (Wildman–Crippen MR) is 80.3 cm³/mol. The summed E-state index contributed by atoms with van der Waals surface area (Å²) in [6.07, 6.45) is -0.352. The molecule has 0 bridgehead atoms. The van der Waals surface area contributed by atoms with Gasteiger partial charge in [0.1, 0.15) is 5.60 Å². The Balaban J connectivity index is 3.14. The highest BCUT2D eigenvalue weighted by Gasteiger charge is 2.34. The lowest BCUT2D eigenvalue weighted by molar-refractivity contribution is -0.157. The van der Waals surface area contributed by atoms with Crippen LogP contribution in [0.5, 0.6) is 0 Å². The SMILES string of the molecule is CC(C)(C)OC(=O)C(c1ccccc1Cl)[C@@H](N)CC(=O)O. The van der Waals surface area contributed by atoms with Gasteiger partial charge in [0.25, 0.3) is 0 Å². The number of hydrogen-bond acceptors (Lipinski definition) is 4. The van der Waals surface area contributed by atoms with Gasteiger partial charge in [-0.05, 0) is 32.4 Å². The van der Waals surface area contributed by atoms with Crippen LogP contribution in [-0.4, -0.2) is 28.7 Å². The van der Waals surface area contributed by atoms with Crippen molar-refractivity contribution < 1.29 is 19.4 Å². The van der Waals surface area contributed by atoms with Crippen LogP contribution in [0.1, 0.15) is 38.7 Å². The molecular formula is C15H20ClNO4. The lowest BCUT2D eigenvalue weighted by atomic mass is 9.89. The zero-order valence-electron chi connectivity index (χ0n) is 12.3. The van der Waals surface area contributed by atoms with Crippen LogP contribution in [0.2, 0.25) is 5.02 Å². The van der Waals surface area contributed by atoms with Gasteiger partial charge in [0.15, 0.2) is 0 Å². The lowest BCUT2D eigenvalue weighted by Gasteiger charge is -2.27. The maximum atomic E-state index is 12.4. The normalized spacial score (nSPS) is 14.3. The van der Waals surface area contributed by atoms with E-state index in [1.54, 1.807) is 45.0 Å². The van der Waals surface area contributed by atoms with Gasteiger partial charge in [-0.15, -0.1) is 0 Å². The monoisotopic (exact) mass is 313 g/mol. The molecule has 3 N–H and O–H groups in total. The van der Waals surface area contributed by atoms with Gasteiger partial charge in [0.2, 0.25) is 0 Å². The van der Waals surface area contributed by atoms with E-state index < -0.39 is 29.5 Å². The van der Waals surface area contributed by atoms with Crippen molar-refractivity contribution in [2.24, 2.45) is 5.73 Å². The van der Waals surface area contributed by atoms with E-state index in [9.17, 15) is 9.59 Å². The van der Waals surface area contributed by atoms with Gasteiger partial charge in [0, 0.05) is 11.1 Å².